The summed E-state index contributed by atoms with van der Waals surface area (Å²) in [5.74, 6) is 0.569. The van der Waals surface area contributed by atoms with Gasteiger partial charge >= 0.3 is 0 Å². The zero-order chi connectivity index (χ0) is 20.8. The van der Waals surface area contributed by atoms with E-state index in [2.05, 4.69) is 51.3 Å². The highest BCUT2D eigenvalue weighted by atomic mass is 16.3. The van der Waals surface area contributed by atoms with Gasteiger partial charge in [-0.3, -0.25) is 4.79 Å². The zero-order valence-electron chi connectivity index (χ0n) is 17.0. The van der Waals surface area contributed by atoms with Crippen molar-refractivity contribution < 1.29 is 5.11 Å². The highest BCUT2D eigenvalue weighted by Crippen LogP contribution is 2.30. The molecule has 0 amide bonds. The molecule has 1 aliphatic heterocycles. The summed E-state index contributed by atoms with van der Waals surface area (Å²) in [6.07, 6.45) is 4.15. The molecule has 3 aromatic rings. The van der Waals surface area contributed by atoms with E-state index in [1.807, 2.05) is 0 Å². The first-order valence-electron chi connectivity index (χ1n) is 9.63. The molecule has 4 rings (SSSR count). The van der Waals surface area contributed by atoms with E-state index < -0.39 is 0 Å². The van der Waals surface area contributed by atoms with Crippen molar-refractivity contribution in [2.75, 3.05) is 18.0 Å². The first kappa shape index (κ1) is 19.3. The van der Waals surface area contributed by atoms with E-state index in [0.29, 0.717) is 34.0 Å². The largest absolute Gasteiger partial charge is 0.507 e. The summed E-state index contributed by atoms with van der Waals surface area (Å²) in [5, 5.41) is 27.5. The van der Waals surface area contributed by atoms with Crippen LogP contribution in [0.5, 0.6) is 5.75 Å². The fourth-order valence-electron chi connectivity index (χ4n) is 3.69. The second kappa shape index (κ2) is 7.07. The van der Waals surface area contributed by atoms with E-state index >= 15 is 0 Å². The lowest BCUT2D eigenvalue weighted by atomic mass is 10.1. The van der Waals surface area contributed by atoms with E-state index in [0.717, 1.165) is 19.5 Å². The van der Waals surface area contributed by atoms with Gasteiger partial charge in [-0.25, -0.2) is 9.67 Å². The van der Waals surface area contributed by atoms with Gasteiger partial charge in [0.25, 0.3) is 5.56 Å². The lowest BCUT2D eigenvalue weighted by Crippen LogP contribution is -2.45. The summed E-state index contributed by atoms with van der Waals surface area (Å²) in [5.41, 5.74) is 0.650. The van der Waals surface area contributed by atoms with Gasteiger partial charge in [0.2, 0.25) is 5.95 Å². The van der Waals surface area contributed by atoms with E-state index in [9.17, 15) is 9.90 Å². The second-order valence-corrected chi connectivity index (χ2v) is 8.50. The Balaban J connectivity index is 1.59. The molecule has 0 radical (unpaired) electrons. The van der Waals surface area contributed by atoms with E-state index in [-0.39, 0.29) is 16.8 Å². The molecular weight excluding hydrogens is 370 g/mol. The standard InChI is InChI=1S/C20H25N7O2/c1-20(2,3)23-13-5-6-27(11-13)19-21-10-16(24-25-19)15-8-14-12(7-17(15)28)9-22-26(4)18(14)29/h7-10,13,23,28H,5-6,11H2,1-4H3/t13-/m0/s1. The van der Waals surface area contributed by atoms with E-state index in [1.165, 1.54) is 10.7 Å². The quantitative estimate of drug-likeness (QED) is 0.686. The van der Waals surface area contributed by atoms with Crippen LogP contribution in [0.1, 0.15) is 27.2 Å². The number of hydrogen-bond acceptors (Lipinski definition) is 8. The first-order chi connectivity index (χ1) is 13.7. The lowest BCUT2D eigenvalue weighted by molar-refractivity contribution is 0.373. The fraction of sp³-hybridized carbons (Fsp3) is 0.450. The van der Waals surface area contributed by atoms with Gasteiger partial charge in [-0.1, -0.05) is 0 Å². The average Bonchev–Trinajstić information content (AvgIpc) is 3.11. The number of nitrogens with one attached hydrogen (secondary N) is 1. The number of aromatic hydroxyl groups is 1. The molecule has 0 aliphatic carbocycles. The molecule has 1 aromatic carbocycles. The Kier molecular flexibility index (Phi) is 4.70. The van der Waals surface area contributed by atoms with Gasteiger partial charge < -0.3 is 15.3 Å². The van der Waals surface area contributed by atoms with Crippen molar-refractivity contribution in [1.82, 2.24) is 30.3 Å². The predicted molar refractivity (Wildman–Crippen MR) is 111 cm³/mol. The number of hydrogen-bond donors (Lipinski definition) is 2. The van der Waals surface area contributed by atoms with Crippen molar-refractivity contribution in [3.63, 3.8) is 0 Å². The summed E-state index contributed by atoms with van der Waals surface area (Å²) in [6.45, 7) is 8.15. The number of anilines is 1. The van der Waals surface area contributed by atoms with E-state index in [4.69, 9.17) is 0 Å². The molecule has 0 unspecified atom stereocenters. The number of nitrogens with zero attached hydrogens (tertiary/aromatic N) is 6. The third-order valence-corrected chi connectivity index (χ3v) is 5.00. The van der Waals surface area contributed by atoms with Crippen molar-refractivity contribution in [2.24, 2.45) is 7.05 Å². The SMILES string of the molecule is Cn1ncc2cc(O)c(-c3cnc(N4CC[C@H](NC(C)(C)C)C4)nn3)cc2c1=O. The summed E-state index contributed by atoms with van der Waals surface area (Å²) in [4.78, 5) is 18.9. The Bertz CT molecular complexity index is 1100. The zero-order valence-corrected chi connectivity index (χ0v) is 17.0. The molecule has 2 N–H and O–H groups in total. The highest BCUT2D eigenvalue weighted by Gasteiger charge is 2.27. The third-order valence-electron chi connectivity index (χ3n) is 5.00. The summed E-state index contributed by atoms with van der Waals surface area (Å²) >= 11 is 0. The van der Waals surface area contributed by atoms with Gasteiger partial charge in [0.15, 0.2) is 0 Å². The van der Waals surface area contributed by atoms with Gasteiger partial charge in [0, 0.05) is 42.7 Å². The molecule has 9 heteroatoms. The van der Waals surface area contributed by atoms with Crippen molar-refractivity contribution in [1.29, 1.82) is 0 Å². The molecule has 3 heterocycles. The van der Waals surface area contributed by atoms with E-state index in [1.54, 1.807) is 25.5 Å². The number of benzene rings is 1. The number of aryl methyl sites for hydroxylation is 1. The topological polar surface area (TPSA) is 109 Å². The van der Waals surface area contributed by atoms with Crippen molar-refractivity contribution in [3.8, 4) is 17.0 Å². The Morgan fingerprint density at radius 1 is 1.21 bits per heavy atom. The monoisotopic (exact) mass is 395 g/mol. The Hall–Kier alpha value is -3.07. The minimum atomic E-state index is -0.240. The second-order valence-electron chi connectivity index (χ2n) is 8.50. The molecule has 0 spiro atoms. The third kappa shape index (κ3) is 3.91. The van der Waals surface area contributed by atoms with Crippen LogP contribution in [0.2, 0.25) is 0 Å². The molecule has 1 saturated heterocycles. The molecule has 152 valence electrons. The van der Waals surface area contributed by atoms with Crippen LogP contribution in [-0.4, -0.2) is 54.7 Å². The van der Waals surface area contributed by atoms with Crippen LogP contribution < -0.4 is 15.8 Å². The van der Waals surface area contributed by atoms with Gasteiger partial charge in [-0.2, -0.15) is 5.10 Å². The number of rotatable bonds is 3. The first-order valence-corrected chi connectivity index (χ1v) is 9.63. The molecule has 9 nitrogen and oxygen atoms in total. The van der Waals surface area contributed by atoms with Crippen LogP contribution in [0.4, 0.5) is 5.95 Å². The Labute approximate surface area is 168 Å². The maximum absolute atomic E-state index is 12.3. The Morgan fingerprint density at radius 3 is 2.69 bits per heavy atom. The Morgan fingerprint density at radius 2 is 2.00 bits per heavy atom. The van der Waals surface area contributed by atoms with Crippen LogP contribution in [-0.2, 0) is 7.05 Å². The molecule has 0 saturated carbocycles. The van der Waals surface area contributed by atoms with Gasteiger partial charge in [-0.05, 0) is 39.3 Å². The molecular formula is C20H25N7O2. The molecule has 2 aromatic heterocycles. The average molecular weight is 395 g/mol. The van der Waals surface area contributed by atoms with Gasteiger partial charge in [0.05, 0.1) is 17.8 Å². The van der Waals surface area contributed by atoms with Crippen LogP contribution in [0.3, 0.4) is 0 Å². The fourth-order valence-corrected chi connectivity index (χ4v) is 3.69. The van der Waals surface area contributed by atoms with Crippen LogP contribution in [0, 0.1) is 0 Å². The summed E-state index contributed by atoms with van der Waals surface area (Å²) in [6, 6.07) is 3.50. The predicted octanol–water partition coefficient (Wildman–Crippen LogP) is 1.46. The van der Waals surface area contributed by atoms with Crippen LogP contribution >= 0.6 is 0 Å². The molecule has 1 aliphatic rings. The van der Waals surface area contributed by atoms with Crippen molar-refractivity contribution >= 4 is 16.7 Å². The molecule has 1 atom stereocenters. The highest BCUT2D eigenvalue weighted by molar-refractivity contribution is 5.88. The van der Waals surface area contributed by atoms with Gasteiger partial charge in [-0.15, -0.1) is 10.2 Å². The number of phenols is 1. The smallest absolute Gasteiger partial charge is 0.274 e. The number of aromatic nitrogens is 5. The summed E-state index contributed by atoms with van der Waals surface area (Å²) in [7, 11) is 1.59. The van der Waals surface area contributed by atoms with Crippen molar-refractivity contribution in [3.05, 3.63) is 34.9 Å². The van der Waals surface area contributed by atoms with Crippen LogP contribution in [0.15, 0.2) is 29.3 Å². The number of phenolic OH excluding ortho intramolecular Hbond substituents is 1. The minimum absolute atomic E-state index is 0.00650. The minimum Gasteiger partial charge on any atom is -0.507 e. The summed E-state index contributed by atoms with van der Waals surface area (Å²) < 4.78 is 1.26. The van der Waals surface area contributed by atoms with Gasteiger partial charge in [0.1, 0.15) is 11.4 Å². The normalized spacial score (nSPS) is 17.2. The maximum atomic E-state index is 12.3. The molecule has 29 heavy (non-hydrogen) atoms. The lowest BCUT2D eigenvalue weighted by Gasteiger charge is -2.25. The van der Waals surface area contributed by atoms with Crippen LogP contribution in [0.25, 0.3) is 22.0 Å². The number of fused-ring (bicyclic) bond motifs is 1. The maximum Gasteiger partial charge on any atom is 0.274 e. The molecule has 1 fully saturated rings. The molecule has 0 bridgehead atoms. The van der Waals surface area contributed by atoms with Crippen molar-refractivity contribution in [2.45, 2.75) is 38.8 Å².